The van der Waals surface area contributed by atoms with Crippen molar-refractivity contribution in [3.63, 3.8) is 0 Å². The van der Waals surface area contributed by atoms with Gasteiger partial charge in [0.05, 0.1) is 18.2 Å². The molecule has 3 aromatic rings. The Morgan fingerprint density at radius 1 is 1.00 bits per heavy atom. The van der Waals surface area contributed by atoms with Crippen LogP contribution >= 0.6 is 0 Å². The number of hydrogen-bond donors (Lipinski definition) is 0. The van der Waals surface area contributed by atoms with E-state index in [4.69, 9.17) is 0 Å². The molecule has 0 aliphatic carbocycles. The number of nitrogens with zero attached hydrogens (tertiary/aromatic N) is 4. The van der Waals surface area contributed by atoms with Gasteiger partial charge in [0, 0.05) is 7.05 Å². The first-order chi connectivity index (χ1) is 13.4. The van der Waals surface area contributed by atoms with Gasteiger partial charge in [-0.3, -0.25) is 4.79 Å². The topological polar surface area (TPSA) is 51.0 Å². The van der Waals surface area contributed by atoms with Crippen molar-refractivity contribution >= 4 is 5.91 Å². The first kappa shape index (κ1) is 19.8. The molecule has 1 unspecified atom stereocenters. The van der Waals surface area contributed by atoms with E-state index >= 15 is 0 Å². The molecule has 1 atom stereocenters. The third-order valence-electron chi connectivity index (χ3n) is 5.06. The van der Waals surface area contributed by atoms with Crippen LogP contribution in [0.1, 0.15) is 43.5 Å². The molecular weight excluding hydrogens is 348 g/mol. The van der Waals surface area contributed by atoms with Crippen LogP contribution in [0, 0.1) is 5.92 Å². The van der Waals surface area contributed by atoms with Crippen molar-refractivity contribution in [1.82, 2.24) is 19.7 Å². The van der Waals surface area contributed by atoms with E-state index in [2.05, 4.69) is 48.2 Å². The van der Waals surface area contributed by atoms with E-state index in [9.17, 15) is 4.79 Å². The van der Waals surface area contributed by atoms with Crippen LogP contribution in [0.5, 0.6) is 0 Å². The normalized spacial score (nSPS) is 12.2. The van der Waals surface area contributed by atoms with Crippen LogP contribution < -0.4 is 0 Å². The van der Waals surface area contributed by atoms with E-state index in [1.165, 1.54) is 11.9 Å². The monoisotopic (exact) mass is 376 g/mol. The predicted molar refractivity (Wildman–Crippen MR) is 111 cm³/mol. The maximum Gasteiger partial charge on any atom is 0.227 e. The standard InChI is InChI=1S/C23H28N4O/c1-17(2)13-19-5-7-20(8-6-19)14-23(28)26(4)18(3)21-9-11-22(12-10-21)27-16-24-15-25-27/h5-12,15-18H,13-14H2,1-4H3. The summed E-state index contributed by atoms with van der Waals surface area (Å²) in [6.07, 6.45) is 4.66. The van der Waals surface area contributed by atoms with Gasteiger partial charge in [0.1, 0.15) is 12.7 Å². The van der Waals surface area contributed by atoms with Crippen LogP contribution in [0.15, 0.2) is 61.2 Å². The molecule has 0 saturated heterocycles. The van der Waals surface area contributed by atoms with Crippen LogP contribution in [0.3, 0.4) is 0 Å². The third kappa shape index (κ3) is 4.85. The molecule has 5 nitrogen and oxygen atoms in total. The Labute approximate surface area is 167 Å². The number of benzene rings is 2. The van der Waals surface area contributed by atoms with Gasteiger partial charge in [0.25, 0.3) is 0 Å². The fourth-order valence-corrected chi connectivity index (χ4v) is 3.25. The van der Waals surface area contributed by atoms with Crippen molar-refractivity contribution in [2.45, 2.75) is 39.7 Å². The van der Waals surface area contributed by atoms with E-state index in [1.807, 2.05) is 43.1 Å². The van der Waals surface area contributed by atoms with Crippen LogP contribution in [-0.4, -0.2) is 32.6 Å². The highest BCUT2D eigenvalue weighted by molar-refractivity contribution is 5.79. The molecule has 5 heteroatoms. The van der Waals surface area contributed by atoms with E-state index in [1.54, 1.807) is 11.0 Å². The van der Waals surface area contributed by atoms with Crippen LogP contribution in [0.2, 0.25) is 0 Å². The first-order valence-corrected chi connectivity index (χ1v) is 9.72. The Bertz CT molecular complexity index is 883. The van der Waals surface area contributed by atoms with Gasteiger partial charge in [-0.05, 0) is 48.1 Å². The minimum Gasteiger partial charge on any atom is -0.339 e. The number of carbonyl (C=O) groups excluding carboxylic acids is 1. The molecule has 0 fully saturated rings. The Hall–Kier alpha value is -2.95. The van der Waals surface area contributed by atoms with Gasteiger partial charge in [-0.25, -0.2) is 9.67 Å². The first-order valence-electron chi connectivity index (χ1n) is 9.72. The van der Waals surface area contributed by atoms with Crippen molar-refractivity contribution in [3.8, 4) is 5.69 Å². The lowest BCUT2D eigenvalue weighted by Gasteiger charge is -2.25. The van der Waals surface area contributed by atoms with Crippen molar-refractivity contribution < 1.29 is 4.79 Å². The van der Waals surface area contributed by atoms with E-state index in [0.29, 0.717) is 12.3 Å². The maximum absolute atomic E-state index is 12.7. The zero-order valence-corrected chi connectivity index (χ0v) is 17.0. The van der Waals surface area contributed by atoms with E-state index in [-0.39, 0.29) is 11.9 Å². The zero-order chi connectivity index (χ0) is 20.1. The number of hydrogen-bond acceptors (Lipinski definition) is 3. The molecule has 1 aromatic heterocycles. The van der Waals surface area contributed by atoms with Crippen molar-refractivity contribution in [1.29, 1.82) is 0 Å². The minimum atomic E-state index is -0.00230. The van der Waals surface area contributed by atoms with Crippen molar-refractivity contribution in [2.24, 2.45) is 5.92 Å². The number of rotatable bonds is 7. The van der Waals surface area contributed by atoms with Gasteiger partial charge in [0.15, 0.2) is 0 Å². The van der Waals surface area contributed by atoms with Crippen LogP contribution in [-0.2, 0) is 17.6 Å². The van der Waals surface area contributed by atoms with E-state index < -0.39 is 0 Å². The summed E-state index contributed by atoms with van der Waals surface area (Å²) in [6, 6.07) is 16.5. The van der Waals surface area contributed by atoms with Crippen molar-refractivity contribution in [2.75, 3.05) is 7.05 Å². The predicted octanol–water partition coefficient (Wildman–Crippen LogP) is 4.23. The molecule has 0 spiro atoms. The molecule has 0 bridgehead atoms. The summed E-state index contributed by atoms with van der Waals surface area (Å²) in [4.78, 5) is 18.5. The van der Waals surface area contributed by atoms with Crippen LogP contribution in [0.4, 0.5) is 0 Å². The lowest BCUT2D eigenvalue weighted by Crippen LogP contribution is -2.31. The number of aromatic nitrogens is 3. The number of carbonyl (C=O) groups is 1. The van der Waals surface area contributed by atoms with Gasteiger partial charge in [-0.1, -0.05) is 50.2 Å². The molecule has 28 heavy (non-hydrogen) atoms. The molecule has 1 heterocycles. The van der Waals surface area contributed by atoms with E-state index in [0.717, 1.165) is 23.2 Å². The minimum absolute atomic E-state index is 0.00230. The summed E-state index contributed by atoms with van der Waals surface area (Å²) in [7, 11) is 1.87. The second-order valence-corrected chi connectivity index (χ2v) is 7.70. The summed E-state index contributed by atoms with van der Waals surface area (Å²) >= 11 is 0. The molecule has 0 N–H and O–H groups in total. The molecule has 0 aliphatic heterocycles. The maximum atomic E-state index is 12.7. The molecular formula is C23H28N4O. The van der Waals surface area contributed by atoms with Gasteiger partial charge in [-0.2, -0.15) is 5.10 Å². The lowest BCUT2D eigenvalue weighted by molar-refractivity contribution is -0.131. The zero-order valence-electron chi connectivity index (χ0n) is 17.0. The fraction of sp³-hybridized carbons (Fsp3) is 0.348. The molecule has 0 saturated carbocycles. The average Bonchev–Trinajstić information content (AvgIpc) is 3.23. The molecule has 0 radical (unpaired) electrons. The third-order valence-corrected chi connectivity index (χ3v) is 5.06. The highest BCUT2D eigenvalue weighted by atomic mass is 16.2. The quantitative estimate of drug-likeness (QED) is 0.620. The summed E-state index contributed by atoms with van der Waals surface area (Å²) in [6.45, 7) is 6.48. The van der Waals surface area contributed by atoms with Gasteiger partial charge in [-0.15, -0.1) is 0 Å². The SMILES string of the molecule is CC(C)Cc1ccc(CC(=O)N(C)C(C)c2ccc(-n3cncn3)cc2)cc1. The highest BCUT2D eigenvalue weighted by Crippen LogP contribution is 2.21. The fourth-order valence-electron chi connectivity index (χ4n) is 3.25. The Morgan fingerprint density at radius 2 is 1.64 bits per heavy atom. The number of amides is 1. The molecule has 146 valence electrons. The molecule has 1 amide bonds. The number of likely N-dealkylation sites (N-methyl/N-ethyl adjacent to an activating group) is 1. The Morgan fingerprint density at radius 3 is 2.21 bits per heavy atom. The molecule has 2 aromatic carbocycles. The van der Waals surface area contributed by atoms with Gasteiger partial charge < -0.3 is 4.90 Å². The highest BCUT2D eigenvalue weighted by Gasteiger charge is 2.18. The summed E-state index contributed by atoms with van der Waals surface area (Å²) in [5.41, 5.74) is 4.41. The molecule has 3 rings (SSSR count). The second kappa shape index (κ2) is 8.83. The second-order valence-electron chi connectivity index (χ2n) is 7.70. The van der Waals surface area contributed by atoms with Crippen molar-refractivity contribution in [3.05, 3.63) is 77.9 Å². The average molecular weight is 377 g/mol. The summed E-state index contributed by atoms with van der Waals surface area (Å²) in [5, 5.41) is 4.13. The summed E-state index contributed by atoms with van der Waals surface area (Å²) in [5.74, 6) is 0.750. The van der Waals surface area contributed by atoms with Gasteiger partial charge >= 0.3 is 0 Å². The Kier molecular flexibility index (Phi) is 6.24. The molecule has 0 aliphatic rings. The Balaban J connectivity index is 1.62. The largest absolute Gasteiger partial charge is 0.339 e. The van der Waals surface area contributed by atoms with Gasteiger partial charge in [0.2, 0.25) is 5.91 Å². The lowest BCUT2D eigenvalue weighted by atomic mass is 10.0. The summed E-state index contributed by atoms with van der Waals surface area (Å²) < 4.78 is 1.71. The smallest absolute Gasteiger partial charge is 0.227 e. The van der Waals surface area contributed by atoms with Crippen LogP contribution in [0.25, 0.3) is 5.69 Å².